The third-order valence-corrected chi connectivity index (χ3v) is 5.66. The van der Waals surface area contributed by atoms with Crippen LogP contribution >= 0.6 is 11.3 Å². The van der Waals surface area contributed by atoms with E-state index in [2.05, 4.69) is 37.0 Å². The van der Waals surface area contributed by atoms with Gasteiger partial charge in [0.1, 0.15) is 0 Å². The molecule has 2 atom stereocenters. The summed E-state index contributed by atoms with van der Waals surface area (Å²) in [6.07, 6.45) is 4.98. The van der Waals surface area contributed by atoms with Crippen molar-refractivity contribution in [1.29, 1.82) is 0 Å². The molecule has 3 rings (SSSR count). The largest absolute Gasteiger partial charge is 0.389 e. The minimum atomic E-state index is -0.541. The Morgan fingerprint density at radius 3 is 2.95 bits per heavy atom. The lowest BCUT2D eigenvalue weighted by molar-refractivity contribution is -0.0239. The lowest BCUT2D eigenvalue weighted by atomic mass is 9.72. The number of para-hydroxylation sites is 1. The smallest absolute Gasteiger partial charge is 0.0967 e. The second-order valence-corrected chi connectivity index (χ2v) is 7.69. The summed E-state index contributed by atoms with van der Waals surface area (Å²) in [4.78, 5) is 4.68. The average molecular weight is 289 g/mol. The zero-order valence-corrected chi connectivity index (χ0v) is 13.1. The van der Waals surface area contributed by atoms with Gasteiger partial charge in [0.25, 0.3) is 0 Å². The van der Waals surface area contributed by atoms with Gasteiger partial charge in [0.15, 0.2) is 0 Å². The molecule has 3 heteroatoms. The molecule has 0 radical (unpaired) electrons. The molecule has 1 aromatic heterocycles. The number of thiazole rings is 1. The van der Waals surface area contributed by atoms with Crippen LogP contribution in [0.3, 0.4) is 0 Å². The second-order valence-electron chi connectivity index (χ2n) is 6.58. The predicted molar refractivity (Wildman–Crippen MR) is 85.1 cm³/mol. The first kappa shape index (κ1) is 14.0. The average Bonchev–Trinajstić information content (AvgIpc) is 2.79. The Bertz CT molecular complexity index is 558. The van der Waals surface area contributed by atoms with E-state index >= 15 is 0 Å². The van der Waals surface area contributed by atoms with Crippen molar-refractivity contribution in [1.82, 2.24) is 4.98 Å². The minimum Gasteiger partial charge on any atom is -0.389 e. The molecule has 1 aliphatic carbocycles. The summed E-state index contributed by atoms with van der Waals surface area (Å²) in [6, 6.07) is 8.24. The summed E-state index contributed by atoms with van der Waals surface area (Å²) in [5, 5.41) is 12.0. The van der Waals surface area contributed by atoms with E-state index in [0.29, 0.717) is 11.8 Å². The Morgan fingerprint density at radius 2 is 2.20 bits per heavy atom. The first-order valence-electron chi connectivity index (χ1n) is 7.63. The maximum absolute atomic E-state index is 10.9. The SMILES string of the molecule is CC(C)C1CCCC(O)(Cc2nc3ccccc3s2)C1. The number of hydrogen-bond donors (Lipinski definition) is 1. The highest BCUT2D eigenvalue weighted by Gasteiger charge is 2.36. The molecule has 1 fully saturated rings. The van der Waals surface area contributed by atoms with E-state index in [1.165, 1.54) is 11.1 Å². The third kappa shape index (κ3) is 2.89. The molecule has 0 spiro atoms. The first-order chi connectivity index (χ1) is 9.56. The van der Waals surface area contributed by atoms with Crippen LogP contribution < -0.4 is 0 Å². The molecule has 0 amide bonds. The summed E-state index contributed by atoms with van der Waals surface area (Å²) < 4.78 is 1.22. The summed E-state index contributed by atoms with van der Waals surface area (Å²) in [7, 11) is 0. The predicted octanol–water partition coefficient (Wildman–Crippen LogP) is 4.42. The molecular weight excluding hydrogens is 266 g/mol. The summed E-state index contributed by atoms with van der Waals surface area (Å²) in [5.41, 5.74) is 0.522. The highest BCUT2D eigenvalue weighted by molar-refractivity contribution is 7.18. The Morgan fingerprint density at radius 1 is 1.40 bits per heavy atom. The fourth-order valence-electron chi connectivity index (χ4n) is 3.39. The van der Waals surface area contributed by atoms with E-state index in [4.69, 9.17) is 0 Å². The van der Waals surface area contributed by atoms with Crippen molar-refractivity contribution in [3.63, 3.8) is 0 Å². The molecule has 0 saturated heterocycles. The van der Waals surface area contributed by atoms with E-state index in [1.807, 2.05) is 6.07 Å². The van der Waals surface area contributed by atoms with Crippen LogP contribution in [0.1, 0.15) is 44.5 Å². The molecule has 1 aromatic carbocycles. The van der Waals surface area contributed by atoms with Crippen molar-refractivity contribution in [2.75, 3.05) is 0 Å². The minimum absolute atomic E-state index is 0.541. The maximum Gasteiger partial charge on any atom is 0.0967 e. The molecule has 1 saturated carbocycles. The molecule has 0 aliphatic heterocycles. The molecule has 1 N–H and O–H groups in total. The van der Waals surface area contributed by atoms with Crippen LogP contribution in [0, 0.1) is 11.8 Å². The number of fused-ring (bicyclic) bond motifs is 1. The van der Waals surface area contributed by atoms with Gasteiger partial charge in [-0.3, -0.25) is 0 Å². The quantitative estimate of drug-likeness (QED) is 0.907. The lowest BCUT2D eigenvalue weighted by Gasteiger charge is -2.38. The molecule has 108 valence electrons. The number of aromatic nitrogens is 1. The van der Waals surface area contributed by atoms with Crippen LogP contribution in [0.25, 0.3) is 10.2 Å². The van der Waals surface area contributed by atoms with Gasteiger partial charge >= 0.3 is 0 Å². The molecule has 1 aliphatic rings. The zero-order chi connectivity index (χ0) is 14.2. The summed E-state index contributed by atoms with van der Waals surface area (Å²) >= 11 is 1.73. The Balaban J connectivity index is 1.78. The highest BCUT2D eigenvalue weighted by Crippen LogP contribution is 2.39. The molecule has 1 heterocycles. The van der Waals surface area contributed by atoms with Crippen molar-refractivity contribution < 1.29 is 5.11 Å². The zero-order valence-electron chi connectivity index (χ0n) is 12.3. The maximum atomic E-state index is 10.9. The van der Waals surface area contributed by atoms with Gasteiger partial charge in [-0.25, -0.2) is 4.98 Å². The van der Waals surface area contributed by atoms with E-state index in [9.17, 15) is 5.11 Å². The van der Waals surface area contributed by atoms with Crippen LogP contribution in [0.5, 0.6) is 0 Å². The van der Waals surface area contributed by atoms with Crippen LogP contribution in [0.15, 0.2) is 24.3 Å². The van der Waals surface area contributed by atoms with Gasteiger partial charge in [-0.15, -0.1) is 11.3 Å². The normalized spacial score (nSPS) is 27.3. The lowest BCUT2D eigenvalue weighted by Crippen LogP contribution is -2.38. The van der Waals surface area contributed by atoms with E-state index < -0.39 is 5.60 Å². The van der Waals surface area contributed by atoms with Crippen molar-refractivity contribution in [2.24, 2.45) is 11.8 Å². The van der Waals surface area contributed by atoms with Crippen LogP contribution in [0.4, 0.5) is 0 Å². The summed E-state index contributed by atoms with van der Waals surface area (Å²) in [5.74, 6) is 1.32. The number of hydrogen-bond acceptors (Lipinski definition) is 3. The van der Waals surface area contributed by atoms with Gasteiger partial charge in [-0.2, -0.15) is 0 Å². The Kier molecular flexibility index (Phi) is 3.83. The van der Waals surface area contributed by atoms with E-state index in [0.717, 1.165) is 36.2 Å². The Hall–Kier alpha value is -0.930. The number of benzene rings is 1. The number of rotatable bonds is 3. The van der Waals surface area contributed by atoms with Gasteiger partial charge in [-0.1, -0.05) is 32.4 Å². The number of nitrogens with zero attached hydrogens (tertiary/aromatic N) is 1. The third-order valence-electron chi connectivity index (χ3n) is 4.62. The highest BCUT2D eigenvalue weighted by atomic mass is 32.1. The number of aliphatic hydroxyl groups is 1. The molecule has 2 aromatic rings. The topological polar surface area (TPSA) is 33.1 Å². The van der Waals surface area contributed by atoms with Gasteiger partial charge < -0.3 is 5.11 Å². The second kappa shape index (κ2) is 5.45. The van der Waals surface area contributed by atoms with Crippen molar-refractivity contribution in [3.8, 4) is 0 Å². The molecule has 2 nitrogen and oxygen atoms in total. The molecule has 20 heavy (non-hydrogen) atoms. The van der Waals surface area contributed by atoms with Gasteiger partial charge in [-0.05, 0) is 43.2 Å². The van der Waals surface area contributed by atoms with Crippen molar-refractivity contribution in [2.45, 2.75) is 51.6 Å². The van der Waals surface area contributed by atoms with Crippen LogP contribution in [-0.4, -0.2) is 15.7 Å². The summed E-state index contributed by atoms with van der Waals surface area (Å²) in [6.45, 7) is 4.54. The first-order valence-corrected chi connectivity index (χ1v) is 8.44. The fourth-order valence-corrected chi connectivity index (χ4v) is 4.50. The monoisotopic (exact) mass is 289 g/mol. The van der Waals surface area contributed by atoms with Crippen molar-refractivity contribution in [3.05, 3.63) is 29.3 Å². The fraction of sp³-hybridized carbons (Fsp3) is 0.588. The van der Waals surface area contributed by atoms with Gasteiger partial charge in [0.05, 0.1) is 20.8 Å². The standard InChI is InChI=1S/C17H23NOS/c1-12(2)13-6-5-9-17(19,10-13)11-16-18-14-7-3-4-8-15(14)20-16/h3-4,7-8,12-13,19H,5-6,9-11H2,1-2H3. The van der Waals surface area contributed by atoms with Crippen molar-refractivity contribution >= 4 is 21.6 Å². The van der Waals surface area contributed by atoms with Gasteiger partial charge in [0, 0.05) is 6.42 Å². The molecule has 0 bridgehead atoms. The Labute approximate surface area is 124 Å². The molecular formula is C17H23NOS. The molecule has 2 unspecified atom stereocenters. The van der Waals surface area contributed by atoms with E-state index in [-0.39, 0.29) is 0 Å². The van der Waals surface area contributed by atoms with Crippen LogP contribution in [-0.2, 0) is 6.42 Å². The van der Waals surface area contributed by atoms with E-state index in [1.54, 1.807) is 11.3 Å². The van der Waals surface area contributed by atoms with Crippen LogP contribution in [0.2, 0.25) is 0 Å². The van der Waals surface area contributed by atoms with Gasteiger partial charge in [0.2, 0.25) is 0 Å².